The van der Waals surface area contributed by atoms with Crippen molar-refractivity contribution in [1.82, 2.24) is 0 Å². The van der Waals surface area contributed by atoms with Crippen LogP contribution in [0.3, 0.4) is 0 Å². The maximum absolute atomic E-state index is 11.3. The monoisotopic (exact) mass is 334 g/mol. The molecule has 0 N–H and O–H groups in total. The van der Waals surface area contributed by atoms with Gasteiger partial charge in [0.2, 0.25) is 0 Å². The van der Waals surface area contributed by atoms with Crippen LogP contribution in [-0.2, 0) is 9.84 Å². The number of hydrogen-bond acceptors (Lipinski definition) is 2. The lowest BCUT2D eigenvalue weighted by Gasteiger charge is -2.09. The summed E-state index contributed by atoms with van der Waals surface area (Å²) in [6.07, 6.45) is 1.47. The molecule has 2 nitrogen and oxygen atoms in total. The van der Waals surface area contributed by atoms with Crippen LogP contribution in [0.25, 0.3) is 0 Å². The minimum atomic E-state index is -2.79. The van der Waals surface area contributed by atoms with Gasteiger partial charge in [0.05, 0.1) is 5.75 Å². The predicted octanol–water partition coefficient (Wildman–Crippen LogP) is 2.61. The lowest BCUT2D eigenvalue weighted by atomic mass is 10.2. The molecule has 0 saturated carbocycles. The topological polar surface area (TPSA) is 34.1 Å². The number of alkyl halides is 2. The van der Waals surface area contributed by atoms with E-state index in [4.69, 9.17) is 0 Å². The molecule has 0 heterocycles. The molecular weight excluding hydrogens is 320 g/mol. The van der Waals surface area contributed by atoms with Crippen molar-refractivity contribution < 1.29 is 8.42 Å². The van der Waals surface area contributed by atoms with Crippen LogP contribution in [0.4, 0.5) is 0 Å². The summed E-state index contributed by atoms with van der Waals surface area (Å²) in [5, 5.41) is 1.72. The average molecular weight is 336 g/mol. The highest BCUT2D eigenvalue weighted by Gasteiger charge is 2.13. The van der Waals surface area contributed by atoms with E-state index in [0.717, 1.165) is 23.5 Å². The van der Waals surface area contributed by atoms with Crippen molar-refractivity contribution in [1.29, 1.82) is 0 Å². The van der Waals surface area contributed by atoms with E-state index in [-0.39, 0.29) is 0 Å². The van der Waals surface area contributed by atoms with Gasteiger partial charge in [-0.05, 0) is 18.8 Å². The van der Waals surface area contributed by atoms with Gasteiger partial charge in [-0.2, -0.15) is 0 Å². The molecule has 0 saturated heterocycles. The van der Waals surface area contributed by atoms with Crippen LogP contribution in [0.1, 0.15) is 19.8 Å². The highest BCUT2D eigenvalue weighted by Crippen LogP contribution is 2.12. The van der Waals surface area contributed by atoms with Crippen molar-refractivity contribution in [2.24, 2.45) is 5.92 Å². The Morgan fingerprint density at radius 1 is 1.15 bits per heavy atom. The molecule has 0 amide bonds. The zero-order valence-corrected chi connectivity index (χ0v) is 11.8. The Hall–Kier alpha value is 0.910. The van der Waals surface area contributed by atoms with Gasteiger partial charge in [-0.15, -0.1) is 0 Å². The molecule has 5 heteroatoms. The average Bonchev–Trinajstić information content (AvgIpc) is 2.06. The first-order valence-corrected chi connectivity index (χ1v) is 8.44. The first-order chi connectivity index (χ1) is 6.05. The van der Waals surface area contributed by atoms with Crippen LogP contribution in [0.2, 0.25) is 0 Å². The minimum absolute atomic E-state index is 0.322. The number of halogens is 2. The fraction of sp³-hybridized carbons (Fsp3) is 1.00. The van der Waals surface area contributed by atoms with Crippen molar-refractivity contribution in [2.45, 2.75) is 19.8 Å². The Balaban J connectivity index is 3.86. The molecule has 0 radical (unpaired) electrons. The summed E-state index contributed by atoms with van der Waals surface area (Å²) in [4.78, 5) is 0. The molecule has 0 spiro atoms. The van der Waals surface area contributed by atoms with Crippen molar-refractivity contribution in [3.8, 4) is 0 Å². The number of sulfone groups is 1. The van der Waals surface area contributed by atoms with Crippen LogP contribution < -0.4 is 0 Å². The zero-order chi connectivity index (χ0) is 10.3. The third kappa shape index (κ3) is 6.91. The summed E-state index contributed by atoms with van der Waals surface area (Å²) < 4.78 is 22.7. The second-order valence-corrected chi connectivity index (χ2v) is 6.71. The van der Waals surface area contributed by atoms with E-state index in [1.807, 2.05) is 6.92 Å². The molecule has 0 bridgehead atoms. The fourth-order valence-electron chi connectivity index (χ4n) is 0.955. The second-order valence-electron chi connectivity index (χ2n) is 3.12. The molecule has 0 atom stereocenters. The fourth-order valence-corrected chi connectivity index (χ4v) is 4.19. The van der Waals surface area contributed by atoms with Gasteiger partial charge in [0.1, 0.15) is 9.84 Å². The highest BCUT2D eigenvalue weighted by atomic mass is 79.9. The van der Waals surface area contributed by atoms with Crippen LogP contribution in [0.5, 0.6) is 0 Å². The molecule has 0 aromatic rings. The maximum atomic E-state index is 11.3. The molecule has 0 aromatic carbocycles. The molecule has 0 aliphatic carbocycles. The lowest BCUT2D eigenvalue weighted by molar-refractivity contribution is 0.579. The Bertz CT molecular complexity index is 210. The standard InChI is InChI=1S/C8H16Br2O2S/c1-2-4-13(11,12)5-3-8(6-9)7-10/h8H,2-7H2,1H3. The summed E-state index contributed by atoms with van der Waals surface area (Å²) in [6.45, 7) is 1.89. The van der Waals surface area contributed by atoms with Crippen molar-refractivity contribution >= 4 is 41.7 Å². The summed E-state index contributed by atoms with van der Waals surface area (Å²) in [5.41, 5.74) is 0. The van der Waals surface area contributed by atoms with Crippen molar-refractivity contribution in [2.75, 3.05) is 22.2 Å². The largest absolute Gasteiger partial charge is 0.229 e. The molecule has 0 fully saturated rings. The summed E-state index contributed by atoms with van der Waals surface area (Å²) >= 11 is 6.72. The van der Waals surface area contributed by atoms with Gasteiger partial charge in [0, 0.05) is 16.4 Å². The van der Waals surface area contributed by atoms with Crippen molar-refractivity contribution in [3.05, 3.63) is 0 Å². The molecule has 0 aliphatic rings. The first-order valence-electron chi connectivity index (χ1n) is 4.38. The normalized spacial score (nSPS) is 12.3. The van der Waals surface area contributed by atoms with Gasteiger partial charge in [0.25, 0.3) is 0 Å². The molecule has 0 unspecified atom stereocenters. The third-order valence-corrected chi connectivity index (χ3v) is 5.51. The summed E-state index contributed by atoms with van der Waals surface area (Å²) in [7, 11) is -2.79. The third-order valence-electron chi connectivity index (χ3n) is 1.79. The summed E-state index contributed by atoms with van der Waals surface area (Å²) in [6, 6.07) is 0. The molecular formula is C8H16Br2O2S. The summed E-state index contributed by atoms with van der Waals surface area (Å²) in [5.74, 6) is 1.07. The second kappa shape index (κ2) is 7.23. The number of rotatable bonds is 7. The van der Waals surface area contributed by atoms with E-state index < -0.39 is 9.84 Å². The minimum Gasteiger partial charge on any atom is -0.229 e. The van der Waals surface area contributed by atoms with E-state index in [1.54, 1.807) is 0 Å². The van der Waals surface area contributed by atoms with Gasteiger partial charge in [-0.3, -0.25) is 0 Å². The molecule has 80 valence electrons. The zero-order valence-electron chi connectivity index (χ0n) is 7.80. The Morgan fingerprint density at radius 2 is 1.69 bits per heavy atom. The van der Waals surface area contributed by atoms with Crippen molar-refractivity contribution in [3.63, 3.8) is 0 Å². The van der Waals surface area contributed by atoms with E-state index in [9.17, 15) is 8.42 Å². The van der Waals surface area contributed by atoms with E-state index in [2.05, 4.69) is 31.9 Å². The Morgan fingerprint density at radius 3 is 2.08 bits per heavy atom. The van der Waals surface area contributed by atoms with E-state index in [1.165, 1.54) is 0 Å². The van der Waals surface area contributed by atoms with Crippen LogP contribution in [0.15, 0.2) is 0 Å². The van der Waals surface area contributed by atoms with E-state index >= 15 is 0 Å². The molecule has 0 rings (SSSR count). The molecule has 0 aliphatic heterocycles. The maximum Gasteiger partial charge on any atom is 0.150 e. The van der Waals surface area contributed by atoms with Gasteiger partial charge in [-0.1, -0.05) is 38.8 Å². The molecule has 13 heavy (non-hydrogen) atoms. The predicted molar refractivity (Wildman–Crippen MR) is 64.6 cm³/mol. The lowest BCUT2D eigenvalue weighted by Crippen LogP contribution is -2.15. The van der Waals surface area contributed by atoms with Crippen LogP contribution in [0, 0.1) is 5.92 Å². The highest BCUT2D eigenvalue weighted by molar-refractivity contribution is 9.09. The van der Waals surface area contributed by atoms with Gasteiger partial charge < -0.3 is 0 Å². The number of hydrogen-bond donors (Lipinski definition) is 0. The van der Waals surface area contributed by atoms with E-state index in [0.29, 0.717) is 17.4 Å². The SMILES string of the molecule is CCCS(=O)(=O)CCC(CBr)CBr. The Labute approximate surface area is 97.7 Å². The Kier molecular flexibility index (Phi) is 7.74. The van der Waals surface area contributed by atoms with Crippen LogP contribution in [-0.4, -0.2) is 30.6 Å². The quantitative estimate of drug-likeness (QED) is 0.670. The first kappa shape index (κ1) is 13.9. The molecule has 0 aromatic heterocycles. The van der Waals surface area contributed by atoms with Gasteiger partial charge in [-0.25, -0.2) is 8.42 Å². The smallest absolute Gasteiger partial charge is 0.150 e. The van der Waals surface area contributed by atoms with Crippen LogP contribution >= 0.6 is 31.9 Å². The van der Waals surface area contributed by atoms with Gasteiger partial charge >= 0.3 is 0 Å². The van der Waals surface area contributed by atoms with Gasteiger partial charge in [0.15, 0.2) is 0 Å².